The van der Waals surface area contributed by atoms with Crippen LogP contribution < -0.4 is 5.32 Å². The van der Waals surface area contributed by atoms with E-state index in [4.69, 9.17) is 4.98 Å². The summed E-state index contributed by atoms with van der Waals surface area (Å²) in [5.41, 5.74) is 3.02. The van der Waals surface area contributed by atoms with Crippen molar-refractivity contribution in [3.8, 4) is 0 Å². The molecule has 1 unspecified atom stereocenters. The van der Waals surface area contributed by atoms with Crippen molar-refractivity contribution in [1.29, 1.82) is 0 Å². The van der Waals surface area contributed by atoms with Gasteiger partial charge in [0.15, 0.2) is 0 Å². The van der Waals surface area contributed by atoms with Gasteiger partial charge in [-0.1, -0.05) is 31.2 Å². The fraction of sp³-hybridized carbons (Fsp3) is 0.471. The van der Waals surface area contributed by atoms with Gasteiger partial charge in [-0.3, -0.25) is 0 Å². The number of thiazole rings is 1. The molecule has 0 saturated carbocycles. The highest BCUT2D eigenvalue weighted by Gasteiger charge is 2.23. The Kier molecular flexibility index (Phi) is 4.48. The molecule has 1 aromatic heterocycles. The van der Waals surface area contributed by atoms with E-state index in [-0.39, 0.29) is 0 Å². The van der Waals surface area contributed by atoms with Crippen LogP contribution in [0.3, 0.4) is 0 Å². The topological polar surface area (TPSA) is 24.9 Å². The Bertz CT molecular complexity index is 562. The molecule has 0 aliphatic heterocycles. The van der Waals surface area contributed by atoms with Crippen LogP contribution in [0, 0.1) is 0 Å². The molecule has 0 radical (unpaired) electrons. The van der Waals surface area contributed by atoms with Gasteiger partial charge in [-0.15, -0.1) is 11.3 Å². The van der Waals surface area contributed by atoms with Gasteiger partial charge in [-0.2, -0.15) is 0 Å². The number of nitrogens with zero attached hydrogens (tertiary/aromatic N) is 1. The van der Waals surface area contributed by atoms with E-state index in [1.54, 1.807) is 0 Å². The van der Waals surface area contributed by atoms with Gasteiger partial charge in [0.2, 0.25) is 0 Å². The van der Waals surface area contributed by atoms with Gasteiger partial charge < -0.3 is 5.32 Å². The summed E-state index contributed by atoms with van der Waals surface area (Å²) < 4.78 is 0. The molecule has 3 heteroatoms. The molecule has 0 spiro atoms. The summed E-state index contributed by atoms with van der Waals surface area (Å²) in [7, 11) is 0. The number of aromatic nitrogens is 1. The summed E-state index contributed by atoms with van der Waals surface area (Å²) in [6.45, 7) is 4.24. The largest absolute Gasteiger partial charge is 0.312 e. The van der Waals surface area contributed by atoms with E-state index >= 15 is 0 Å². The number of benzene rings is 1. The molecule has 20 heavy (non-hydrogen) atoms. The zero-order valence-electron chi connectivity index (χ0n) is 12.1. The van der Waals surface area contributed by atoms with Gasteiger partial charge in [0.05, 0.1) is 0 Å². The number of nitrogens with one attached hydrogen (secondary N) is 1. The first kappa shape index (κ1) is 13.8. The van der Waals surface area contributed by atoms with Crippen molar-refractivity contribution in [2.75, 3.05) is 6.54 Å². The maximum absolute atomic E-state index is 4.70. The van der Waals surface area contributed by atoms with Crippen molar-refractivity contribution in [2.45, 2.75) is 45.1 Å². The molecule has 0 fully saturated rings. The molecule has 1 N–H and O–H groups in total. The highest BCUT2D eigenvalue weighted by Crippen LogP contribution is 2.38. The lowest BCUT2D eigenvalue weighted by Gasteiger charge is -2.23. The second-order valence-electron chi connectivity index (χ2n) is 5.49. The molecule has 3 rings (SSSR count). The predicted molar refractivity (Wildman–Crippen MR) is 85.3 cm³/mol. The Balaban J connectivity index is 1.77. The lowest BCUT2D eigenvalue weighted by Crippen LogP contribution is -2.12. The quantitative estimate of drug-likeness (QED) is 0.837. The molecule has 1 atom stereocenters. The zero-order valence-corrected chi connectivity index (χ0v) is 12.9. The van der Waals surface area contributed by atoms with Crippen LogP contribution in [0.5, 0.6) is 0 Å². The molecule has 0 saturated heterocycles. The summed E-state index contributed by atoms with van der Waals surface area (Å²) in [6.07, 6.45) is 6.99. The van der Waals surface area contributed by atoms with Crippen LogP contribution in [0.25, 0.3) is 0 Å². The molecule has 2 nitrogen and oxygen atoms in total. The van der Waals surface area contributed by atoms with E-state index in [0.29, 0.717) is 5.92 Å². The Morgan fingerprint density at radius 2 is 2.25 bits per heavy atom. The first-order valence-electron chi connectivity index (χ1n) is 7.61. The van der Waals surface area contributed by atoms with E-state index in [1.165, 1.54) is 46.7 Å². The molecule has 106 valence electrons. The van der Waals surface area contributed by atoms with Crippen LogP contribution in [0.2, 0.25) is 0 Å². The minimum atomic E-state index is 0.518. The monoisotopic (exact) mass is 286 g/mol. The molecule has 1 aliphatic rings. The number of hydrogen-bond acceptors (Lipinski definition) is 3. The average Bonchev–Trinajstić information content (AvgIpc) is 2.96. The number of hydrogen-bond donors (Lipinski definition) is 1. The van der Waals surface area contributed by atoms with Gasteiger partial charge >= 0.3 is 0 Å². The van der Waals surface area contributed by atoms with Crippen LogP contribution in [0.15, 0.2) is 30.5 Å². The van der Waals surface area contributed by atoms with Crippen LogP contribution in [-0.2, 0) is 13.0 Å². The molecule has 2 aromatic rings. The van der Waals surface area contributed by atoms with Crippen LogP contribution >= 0.6 is 11.3 Å². The summed E-state index contributed by atoms with van der Waals surface area (Å²) in [6, 6.07) is 8.88. The molecule has 0 bridgehead atoms. The van der Waals surface area contributed by atoms with Gasteiger partial charge in [0.1, 0.15) is 5.01 Å². The minimum Gasteiger partial charge on any atom is -0.312 e. The molecule has 1 aliphatic carbocycles. The maximum Gasteiger partial charge on any atom is 0.100 e. The predicted octanol–water partition coefficient (Wildman–Crippen LogP) is 4.11. The van der Waals surface area contributed by atoms with Gasteiger partial charge in [-0.05, 0) is 43.4 Å². The summed E-state index contributed by atoms with van der Waals surface area (Å²) in [5.74, 6) is 0.518. The van der Waals surface area contributed by atoms with E-state index in [2.05, 4.69) is 42.7 Å². The Hall–Kier alpha value is -1.19. The van der Waals surface area contributed by atoms with Crippen molar-refractivity contribution in [3.63, 3.8) is 0 Å². The van der Waals surface area contributed by atoms with Gasteiger partial charge in [-0.25, -0.2) is 4.98 Å². The SMILES string of the molecule is CCCNCc1cnc(C2CCCc3ccccc32)s1. The smallest absolute Gasteiger partial charge is 0.100 e. The molecule has 0 amide bonds. The summed E-state index contributed by atoms with van der Waals surface area (Å²) in [5, 5.41) is 4.75. The summed E-state index contributed by atoms with van der Waals surface area (Å²) >= 11 is 1.88. The zero-order chi connectivity index (χ0) is 13.8. The normalized spacial score (nSPS) is 17.9. The van der Waals surface area contributed by atoms with Crippen molar-refractivity contribution >= 4 is 11.3 Å². The average molecular weight is 286 g/mol. The third kappa shape index (κ3) is 2.94. The van der Waals surface area contributed by atoms with Crippen LogP contribution in [-0.4, -0.2) is 11.5 Å². The Labute approximate surface area is 125 Å². The fourth-order valence-corrected chi connectivity index (χ4v) is 4.01. The molecule has 1 heterocycles. The first-order valence-corrected chi connectivity index (χ1v) is 8.43. The van der Waals surface area contributed by atoms with Crippen molar-refractivity contribution < 1.29 is 0 Å². The lowest BCUT2D eigenvalue weighted by molar-refractivity contribution is 0.613. The van der Waals surface area contributed by atoms with Gasteiger partial charge in [0, 0.05) is 23.5 Å². The first-order chi connectivity index (χ1) is 9.88. The maximum atomic E-state index is 4.70. The number of fused-ring (bicyclic) bond motifs is 1. The molecular weight excluding hydrogens is 264 g/mol. The lowest BCUT2D eigenvalue weighted by atomic mass is 9.83. The van der Waals surface area contributed by atoms with E-state index in [9.17, 15) is 0 Å². The number of aryl methyl sites for hydroxylation is 1. The summed E-state index contributed by atoms with van der Waals surface area (Å²) in [4.78, 5) is 6.05. The van der Waals surface area contributed by atoms with Crippen LogP contribution in [0.4, 0.5) is 0 Å². The van der Waals surface area contributed by atoms with Crippen molar-refractivity contribution in [3.05, 3.63) is 51.5 Å². The number of rotatable bonds is 5. The fourth-order valence-electron chi connectivity index (χ4n) is 2.96. The van der Waals surface area contributed by atoms with E-state index in [0.717, 1.165) is 13.1 Å². The van der Waals surface area contributed by atoms with Crippen molar-refractivity contribution in [1.82, 2.24) is 10.3 Å². The third-order valence-electron chi connectivity index (χ3n) is 3.96. The Morgan fingerprint density at radius 3 is 3.15 bits per heavy atom. The molecule has 1 aromatic carbocycles. The Morgan fingerprint density at radius 1 is 1.35 bits per heavy atom. The standard InChI is InChI=1S/C17H22N2S/c1-2-10-18-11-14-12-19-17(20-14)16-9-5-7-13-6-3-4-8-15(13)16/h3-4,6,8,12,16,18H,2,5,7,9-11H2,1H3. The van der Waals surface area contributed by atoms with Gasteiger partial charge in [0.25, 0.3) is 0 Å². The minimum absolute atomic E-state index is 0.518. The van der Waals surface area contributed by atoms with E-state index < -0.39 is 0 Å². The highest BCUT2D eigenvalue weighted by atomic mass is 32.1. The van der Waals surface area contributed by atoms with E-state index in [1.807, 2.05) is 11.3 Å². The second kappa shape index (κ2) is 6.51. The molecular formula is C17H22N2S. The second-order valence-corrected chi connectivity index (χ2v) is 6.63. The van der Waals surface area contributed by atoms with Crippen LogP contribution in [0.1, 0.15) is 53.1 Å². The van der Waals surface area contributed by atoms with Crippen molar-refractivity contribution in [2.24, 2.45) is 0 Å². The highest BCUT2D eigenvalue weighted by molar-refractivity contribution is 7.11. The third-order valence-corrected chi connectivity index (χ3v) is 5.08.